The van der Waals surface area contributed by atoms with Crippen molar-refractivity contribution in [1.82, 2.24) is 15.7 Å². The molecule has 1 atom stereocenters. The molecular formula is C30H21ClN4O11. The van der Waals surface area contributed by atoms with Crippen molar-refractivity contribution in [2.45, 2.75) is 25.2 Å². The van der Waals surface area contributed by atoms with Crippen molar-refractivity contribution in [3.05, 3.63) is 72.4 Å². The summed E-state index contributed by atoms with van der Waals surface area (Å²) in [5.41, 5.74) is -3.95. The van der Waals surface area contributed by atoms with E-state index < -0.39 is 91.2 Å². The molecule has 0 saturated heterocycles. The van der Waals surface area contributed by atoms with E-state index in [1.54, 1.807) is 0 Å². The number of fused-ring (bicyclic) bond motifs is 5. The van der Waals surface area contributed by atoms with Crippen molar-refractivity contribution in [3.63, 3.8) is 0 Å². The molecule has 16 heteroatoms. The summed E-state index contributed by atoms with van der Waals surface area (Å²) in [4.78, 5) is 92.5. The smallest absolute Gasteiger partial charge is 0.260 e. The number of ether oxygens (including phenoxy) is 1. The van der Waals surface area contributed by atoms with Crippen LogP contribution in [0.3, 0.4) is 0 Å². The van der Waals surface area contributed by atoms with Crippen LogP contribution >= 0.6 is 11.6 Å². The summed E-state index contributed by atoms with van der Waals surface area (Å²) in [5, 5.41) is 39.3. The van der Waals surface area contributed by atoms with Crippen LogP contribution in [0.5, 0.6) is 17.2 Å². The number of hydrazone groups is 1. The van der Waals surface area contributed by atoms with Crippen molar-refractivity contribution in [1.29, 1.82) is 0 Å². The van der Waals surface area contributed by atoms with E-state index in [1.165, 1.54) is 13.0 Å². The van der Waals surface area contributed by atoms with Gasteiger partial charge in [-0.1, -0.05) is 11.6 Å². The molecule has 3 aliphatic carbocycles. The number of benzene rings is 2. The first kappa shape index (κ1) is 30.2. The van der Waals surface area contributed by atoms with Crippen LogP contribution in [-0.2, 0) is 26.2 Å². The molecule has 1 aromatic heterocycles. The molecule has 0 aliphatic heterocycles. The zero-order chi connectivity index (χ0) is 33.4. The van der Waals surface area contributed by atoms with Gasteiger partial charge in [-0.05, 0) is 24.5 Å². The number of carbonyl (C=O) groups excluding carboxylic acids is 6. The number of pyridine rings is 1. The summed E-state index contributed by atoms with van der Waals surface area (Å²) < 4.78 is 4.90. The summed E-state index contributed by atoms with van der Waals surface area (Å²) in [5.74, 6) is -8.39. The normalized spacial score (nSPS) is 18.2. The maximum absolute atomic E-state index is 14.1. The standard InChI is InChI=1S/C30H21ClN4O11/c1-9(36)32-8-15(38)35-33-7-10-5-12-16(29(45)34-10)26(42)21-11(22(12)31)3-4-30(21)27(43)19-20(28(30)44)25(41)18-17(24(19)40)13(37)6-14(46-2)23(18)39/h5-7,40-42H,3-4,8H2,1-2H3,(H,32,36)(H,34,45)(H,35,38)/b33-7+/t30-/m0/s1. The minimum absolute atomic E-state index is 0.0238. The fourth-order valence-corrected chi connectivity index (χ4v) is 6.63. The van der Waals surface area contributed by atoms with E-state index >= 15 is 0 Å². The molecule has 0 bridgehead atoms. The number of aromatic amines is 1. The van der Waals surface area contributed by atoms with Gasteiger partial charge in [0.25, 0.3) is 11.5 Å². The van der Waals surface area contributed by atoms with Crippen molar-refractivity contribution >= 4 is 63.5 Å². The van der Waals surface area contributed by atoms with Crippen LogP contribution in [0.25, 0.3) is 10.8 Å². The molecule has 2 aromatic carbocycles. The van der Waals surface area contributed by atoms with Gasteiger partial charge in [0.05, 0.1) is 58.2 Å². The number of hydrogen-bond donors (Lipinski definition) is 6. The molecule has 0 fully saturated rings. The number of phenolic OH excluding ortho intramolecular Hbond substituents is 3. The van der Waals surface area contributed by atoms with Gasteiger partial charge in [-0.25, -0.2) is 5.43 Å². The van der Waals surface area contributed by atoms with Gasteiger partial charge in [-0.15, -0.1) is 0 Å². The van der Waals surface area contributed by atoms with Gasteiger partial charge in [0.1, 0.15) is 22.7 Å². The average molecular weight is 649 g/mol. The summed E-state index contributed by atoms with van der Waals surface area (Å²) in [6, 6.07) is 1.34. The molecule has 46 heavy (non-hydrogen) atoms. The van der Waals surface area contributed by atoms with Crippen LogP contribution < -0.4 is 16.3 Å². The summed E-state index contributed by atoms with van der Waals surface area (Å²) in [7, 11) is 1.11. The Balaban J connectivity index is 1.48. The molecule has 234 valence electrons. The molecule has 15 nitrogen and oxygen atoms in total. The van der Waals surface area contributed by atoms with Gasteiger partial charge in [-0.3, -0.25) is 33.6 Å². The zero-order valence-corrected chi connectivity index (χ0v) is 24.5. The lowest BCUT2D eigenvalue weighted by Crippen LogP contribution is -2.36. The number of amides is 2. The Morgan fingerprint density at radius 2 is 1.70 bits per heavy atom. The minimum atomic E-state index is -2.26. The maximum Gasteiger partial charge on any atom is 0.260 e. The number of ketones is 4. The summed E-state index contributed by atoms with van der Waals surface area (Å²) in [6.45, 7) is 0.886. The van der Waals surface area contributed by atoms with Gasteiger partial charge < -0.3 is 30.4 Å². The van der Waals surface area contributed by atoms with Crippen molar-refractivity contribution in [2.24, 2.45) is 5.10 Å². The number of methoxy groups -OCH3 is 1. The summed E-state index contributed by atoms with van der Waals surface area (Å²) in [6.07, 6.45) is 1.50. The number of nitrogens with zero attached hydrogens (tertiary/aromatic N) is 1. The molecule has 6 N–H and O–H groups in total. The molecule has 0 saturated carbocycles. The largest absolute Gasteiger partial charge is 0.507 e. The third-order valence-corrected chi connectivity index (χ3v) is 8.69. The fraction of sp³-hybridized carbons (Fsp3) is 0.200. The SMILES string of the molecule is COC1=CC(=O)c2c(O)c3c(c(O)c2C1=O)C(=O)[C@]1(CCc2c1c(O)c1c(=O)[nH]c(/C=N/NC(=O)CNC(C)=O)cc1c2Cl)C3=O. The van der Waals surface area contributed by atoms with Crippen LogP contribution in [0.15, 0.2) is 27.8 Å². The van der Waals surface area contributed by atoms with Gasteiger partial charge in [-0.2, -0.15) is 5.10 Å². The molecule has 1 heterocycles. The first-order chi connectivity index (χ1) is 21.8. The van der Waals surface area contributed by atoms with Crippen LogP contribution in [0.4, 0.5) is 0 Å². The number of allylic oxidation sites excluding steroid dienone is 2. The first-order valence-corrected chi connectivity index (χ1v) is 13.9. The topological polar surface area (TPSA) is 242 Å². The third kappa shape index (κ3) is 3.98. The average Bonchev–Trinajstić information content (AvgIpc) is 3.51. The van der Waals surface area contributed by atoms with Crippen LogP contribution in [-0.4, -0.2) is 75.1 Å². The number of H-pyrrole nitrogens is 1. The quantitative estimate of drug-likeness (QED) is 0.0988. The highest BCUT2D eigenvalue weighted by atomic mass is 35.5. The highest BCUT2D eigenvalue weighted by Crippen LogP contribution is 2.58. The Hall–Kier alpha value is -5.83. The maximum atomic E-state index is 14.1. The summed E-state index contributed by atoms with van der Waals surface area (Å²) >= 11 is 6.71. The van der Waals surface area contributed by atoms with E-state index in [2.05, 4.69) is 20.8 Å². The van der Waals surface area contributed by atoms with E-state index in [4.69, 9.17) is 16.3 Å². The number of nitrogens with one attached hydrogen (secondary N) is 3. The highest BCUT2D eigenvalue weighted by Gasteiger charge is 2.62. The Morgan fingerprint density at radius 1 is 1.04 bits per heavy atom. The predicted molar refractivity (Wildman–Crippen MR) is 158 cm³/mol. The first-order valence-electron chi connectivity index (χ1n) is 13.5. The molecule has 6 rings (SSSR count). The third-order valence-electron chi connectivity index (χ3n) is 8.25. The Kier molecular flexibility index (Phi) is 6.81. The van der Waals surface area contributed by atoms with E-state index in [0.717, 1.165) is 19.4 Å². The fourth-order valence-electron chi connectivity index (χ4n) is 6.29. The van der Waals surface area contributed by atoms with E-state index in [1.807, 2.05) is 0 Å². The van der Waals surface area contributed by atoms with Crippen LogP contribution in [0.2, 0.25) is 5.02 Å². The van der Waals surface area contributed by atoms with E-state index in [9.17, 15) is 48.9 Å². The number of Topliss-reactive ketones (excluding diaryl/α,β-unsaturated/α-hetero) is 3. The molecule has 3 aromatic rings. The Bertz CT molecular complexity index is 2160. The lowest BCUT2D eigenvalue weighted by atomic mass is 9.76. The number of halogens is 1. The van der Waals surface area contributed by atoms with E-state index in [0.29, 0.717) is 0 Å². The molecule has 3 aliphatic rings. The van der Waals surface area contributed by atoms with Gasteiger partial charge in [0.2, 0.25) is 11.7 Å². The second-order valence-corrected chi connectivity index (χ2v) is 11.1. The van der Waals surface area contributed by atoms with Crippen LogP contribution in [0, 0.1) is 0 Å². The van der Waals surface area contributed by atoms with Gasteiger partial charge in [0.15, 0.2) is 23.1 Å². The van der Waals surface area contributed by atoms with E-state index in [-0.39, 0.29) is 52.0 Å². The lowest BCUT2D eigenvalue weighted by Gasteiger charge is -2.23. The highest BCUT2D eigenvalue weighted by molar-refractivity contribution is 6.41. The lowest BCUT2D eigenvalue weighted by molar-refractivity contribution is -0.125. The van der Waals surface area contributed by atoms with Crippen molar-refractivity contribution < 1.29 is 48.8 Å². The molecular weight excluding hydrogens is 628 g/mol. The number of aromatic nitrogens is 1. The number of carbonyl (C=O) groups is 6. The predicted octanol–water partition coefficient (Wildman–Crippen LogP) is 1.06. The number of rotatable bonds is 5. The minimum Gasteiger partial charge on any atom is -0.507 e. The van der Waals surface area contributed by atoms with Crippen molar-refractivity contribution in [3.8, 4) is 17.2 Å². The van der Waals surface area contributed by atoms with Crippen LogP contribution in [0.1, 0.15) is 71.6 Å². The number of aromatic hydroxyl groups is 3. The van der Waals surface area contributed by atoms with Crippen molar-refractivity contribution in [2.75, 3.05) is 13.7 Å². The molecule has 0 radical (unpaired) electrons. The van der Waals surface area contributed by atoms with Gasteiger partial charge >= 0.3 is 0 Å². The molecule has 2 amide bonds. The second-order valence-electron chi connectivity index (χ2n) is 10.7. The zero-order valence-electron chi connectivity index (χ0n) is 23.8. The number of phenols is 3. The van der Waals surface area contributed by atoms with Gasteiger partial charge in [0, 0.05) is 23.9 Å². The number of hydrogen-bond acceptors (Lipinski definition) is 12. The second kappa shape index (κ2) is 10.4. The Morgan fingerprint density at radius 3 is 2.33 bits per heavy atom. The molecule has 0 unspecified atom stereocenters. The Labute approximate surface area is 261 Å². The molecule has 1 spiro atoms. The monoisotopic (exact) mass is 648 g/mol.